The van der Waals surface area contributed by atoms with Crippen molar-refractivity contribution in [2.75, 3.05) is 0 Å². The van der Waals surface area contributed by atoms with Crippen LogP contribution >= 0.6 is 0 Å². The lowest BCUT2D eigenvalue weighted by molar-refractivity contribution is 0.299. The molecule has 3 rings (SSSR count). The molecule has 2 nitrogen and oxygen atoms in total. The third-order valence-corrected chi connectivity index (χ3v) is 4.20. The molecule has 0 aromatic heterocycles. The molecule has 0 aliphatic heterocycles. The molecule has 0 saturated heterocycles. The van der Waals surface area contributed by atoms with Crippen LogP contribution in [-0.4, -0.2) is 0 Å². The van der Waals surface area contributed by atoms with E-state index in [0.717, 1.165) is 36.1 Å². The number of hydrogen-bond donors (Lipinski definition) is 1. The molecule has 110 valence electrons. The van der Waals surface area contributed by atoms with Crippen LogP contribution in [-0.2, 0) is 13.0 Å². The third kappa shape index (κ3) is 2.93. The first-order valence-corrected chi connectivity index (χ1v) is 7.40. The summed E-state index contributed by atoms with van der Waals surface area (Å²) in [5.74, 6) is 0.700. The fourth-order valence-corrected chi connectivity index (χ4v) is 2.96. The van der Waals surface area contributed by atoms with E-state index in [-0.39, 0.29) is 11.9 Å². The quantitative estimate of drug-likeness (QED) is 0.923. The molecular formula is C18H20FNO. The van der Waals surface area contributed by atoms with Crippen molar-refractivity contribution in [3.8, 4) is 5.75 Å². The van der Waals surface area contributed by atoms with Gasteiger partial charge >= 0.3 is 0 Å². The Hall–Kier alpha value is -1.87. The van der Waals surface area contributed by atoms with E-state index in [9.17, 15) is 4.39 Å². The average molecular weight is 285 g/mol. The topological polar surface area (TPSA) is 35.2 Å². The van der Waals surface area contributed by atoms with Gasteiger partial charge in [-0.15, -0.1) is 0 Å². The summed E-state index contributed by atoms with van der Waals surface area (Å²) in [7, 11) is 0. The van der Waals surface area contributed by atoms with Gasteiger partial charge in [-0.2, -0.15) is 0 Å². The van der Waals surface area contributed by atoms with Crippen molar-refractivity contribution in [2.24, 2.45) is 5.73 Å². The van der Waals surface area contributed by atoms with Crippen LogP contribution < -0.4 is 10.5 Å². The van der Waals surface area contributed by atoms with Gasteiger partial charge in [0, 0.05) is 6.04 Å². The van der Waals surface area contributed by atoms with E-state index in [1.807, 2.05) is 19.1 Å². The van der Waals surface area contributed by atoms with E-state index in [1.54, 1.807) is 6.07 Å². The van der Waals surface area contributed by atoms with E-state index in [4.69, 9.17) is 10.5 Å². The molecule has 21 heavy (non-hydrogen) atoms. The van der Waals surface area contributed by atoms with Crippen molar-refractivity contribution in [1.82, 2.24) is 0 Å². The van der Waals surface area contributed by atoms with Gasteiger partial charge in [0.05, 0.1) is 0 Å². The number of halogens is 1. The average Bonchev–Trinajstić information content (AvgIpc) is 2.47. The molecule has 1 unspecified atom stereocenters. The Morgan fingerprint density at radius 3 is 2.95 bits per heavy atom. The van der Waals surface area contributed by atoms with Gasteiger partial charge in [-0.25, -0.2) is 4.39 Å². The van der Waals surface area contributed by atoms with Crippen molar-refractivity contribution in [1.29, 1.82) is 0 Å². The Kier molecular flexibility index (Phi) is 3.93. The fourth-order valence-electron chi connectivity index (χ4n) is 2.96. The van der Waals surface area contributed by atoms with Crippen LogP contribution in [0, 0.1) is 12.7 Å². The molecule has 2 N–H and O–H groups in total. The first-order chi connectivity index (χ1) is 10.1. The smallest absolute Gasteiger partial charge is 0.123 e. The van der Waals surface area contributed by atoms with Gasteiger partial charge in [0.2, 0.25) is 0 Å². The maximum Gasteiger partial charge on any atom is 0.123 e. The highest BCUT2D eigenvalue weighted by Crippen LogP contribution is 2.34. The molecular weight excluding hydrogens is 265 g/mol. The van der Waals surface area contributed by atoms with Crippen LogP contribution in [0.2, 0.25) is 0 Å². The number of ether oxygens (including phenoxy) is 1. The first kappa shape index (κ1) is 14.1. The molecule has 0 radical (unpaired) electrons. The molecule has 2 aromatic rings. The Labute approximate surface area is 124 Å². The summed E-state index contributed by atoms with van der Waals surface area (Å²) in [5, 5.41) is 0. The standard InChI is InChI=1S/C18H20FNO/c1-12-10-14(19)9-8-13(12)11-21-18-7-3-4-15-16(18)5-2-6-17(15)20/h3-4,7-10,17H,2,5-6,11,20H2,1H3. The zero-order chi connectivity index (χ0) is 14.8. The largest absolute Gasteiger partial charge is 0.489 e. The Morgan fingerprint density at radius 2 is 2.14 bits per heavy atom. The normalized spacial score (nSPS) is 17.4. The molecule has 0 spiro atoms. The van der Waals surface area contributed by atoms with Crippen molar-refractivity contribution in [2.45, 2.75) is 38.8 Å². The summed E-state index contributed by atoms with van der Waals surface area (Å²) < 4.78 is 19.1. The van der Waals surface area contributed by atoms with Gasteiger partial charge in [-0.05, 0) is 66.6 Å². The minimum absolute atomic E-state index is 0.116. The van der Waals surface area contributed by atoms with E-state index in [2.05, 4.69) is 6.07 Å². The highest BCUT2D eigenvalue weighted by atomic mass is 19.1. The maximum absolute atomic E-state index is 13.1. The van der Waals surface area contributed by atoms with E-state index < -0.39 is 0 Å². The SMILES string of the molecule is Cc1cc(F)ccc1COc1cccc2c1CCCC2N. The Bertz CT molecular complexity index is 654. The van der Waals surface area contributed by atoms with Crippen LogP contribution in [0.1, 0.15) is 41.1 Å². The number of benzene rings is 2. The summed E-state index contributed by atoms with van der Waals surface area (Å²) in [6.45, 7) is 2.36. The Morgan fingerprint density at radius 1 is 1.29 bits per heavy atom. The van der Waals surface area contributed by atoms with E-state index >= 15 is 0 Å². The molecule has 0 fully saturated rings. The molecule has 1 atom stereocenters. The molecule has 2 aromatic carbocycles. The lowest BCUT2D eigenvalue weighted by Gasteiger charge is -2.24. The molecule has 3 heteroatoms. The Balaban J connectivity index is 1.81. The number of aryl methyl sites for hydroxylation is 1. The highest BCUT2D eigenvalue weighted by Gasteiger charge is 2.19. The van der Waals surface area contributed by atoms with Crippen LogP contribution in [0.15, 0.2) is 36.4 Å². The molecule has 0 bridgehead atoms. The fraction of sp³-hybridized carbons (Fsp3) is 0.333. The summed E-state index contributed by atoms with van der Waals surface area (Å²) in [5.41, 5.74) is 10.5. The van der Waals surface area contributed by atoms with Gasteiger partial charge < -0.3 is 10.5 Å². The van der Waals surface area contributed by atoms with Crippen LogP contribution in [0.25, 0.3) is 0 Å². The third-order valence-electron chi connectivity index (χ3n) is 4.20. The summed E-state index contributed by atoms with van der Waals surface area (Å²) >= 11 is 0. The van der Waals surface area contributed by atoms with E-state index in [1.165, 1.54) is 23.3 Å². The number of fused-ring (bicyclic) bond motifs is 1. The van der Waals surface area contributed by atoms with Gasteiger partial charge in [-0.1, -0.05) is 18.2 Å². The summed E-state index contributed by atoms with van der Waals surface area (Å²) in [6.07, 6.45) is 3.15. The number of nitrogens with two attached hydrogens (primary N) is 1. The molecule has 1 aliphatic rings. The van der Waals surface area contributed by atoms with Crippen LogP contribution in [0.3, 0.4) is 0 Å². The van der Waals surface area contributed by atoms with E-state index in [0.29, 0.717) is 6.61 Å². The molecule has 0 saturated carbocycles. The van der Waals surface area contributed by atoms with Crippen LogP contribution in [0.4, 0.5) is 4.39 Å². The number of hydrogen-bond acceptors (Lipinski definition) is 2. The maximum atomic E-state index is 13.1. The van der Waals surface area contributed by atoms with Gasteiger partial charge in [0.15, 0.2) is 0 Å². The van der Waals surface area contributed by atoms with Crippen molar-refractivity contribution < 1.29 is 9.13 Å². The zero-order valence-electron chi connectivity index (χ0n) is 12.2. The number of rotatable bonds is 3. The second-order valence-corrected chi connectivity index (χ2v) is 5.68. The van der Waals surface area contributed by atoms with Crippen molar-refractivity contribution in [3.05, 3.63) is 64.5 Å². The van der Waals surface area contributed by atoms with Gasteiger partial charge in [0.1, 0.15) is 18.2 Å². The lowest BCUT2D eigenvalue weighted by Crippen LogP contribution is -2.18. The first-order valence-electron chi connectivity index (χ1n) is 7.40. The molecule has 0 amide bonds. The predicted molar refractivity (Wildman–Crippen MR) is 81.8 cm³/mol. The van der Waals surface area contributed by atoms with Crippen molar-refractivity contribution >= 4 is 0 Å². The summed E-state index contributed by atoms with van der Waals surface area (Å²) in [6, 6.07) is 11.0. The summed E-state index contributed by atoms with van der Waals surface area (Å²) in [4.78, 5) is 0. The zero-order valence-corrected chi connectivity index (χ0v) is 12.2. The van der Waals surface area contributed by atoms with Crippen LogP contribution in [0.5, 0.6) is 5.75 Å². The minimum atomic E-state index is -0.209. The second-order valence-electron chi connectivity index (χ2n) is 5.68. The lowest BCUT2D eigenvalue weighted by atomic mass is 9.87. The predicted octanol–water partition coefficient (Wildman–Crippen LogP) is 4.05. The van der Waals surface area contributed by atoms with Gasteiger partial charge in [0.25, 0.3) is 0 Å². The minimum Gasteiger partial charge on any atom is -0.489 e. The second kappa shape index (κ2) is 5.86. The molecule has 1 aliphatic carbocycles. The highest BCUT2D eigenvalue weighted by molar-refractivity contribution is 5.43. The molecule has 0 heterocycles. The van der Waals surface area contributed by atoms with Gasteiger partial charge in [-0.3, -0.25) is 0 Å². The monoisotopic (exact) mass is 285 g/mol. The van der Waals surface area contributed by atoms with Crippen molar-refractivity contribution in [3.63, 3.8) is 0 Å².